The van der Waals surface area contributed by atoms with Crippen LogP contribution in [0, 0.1) is 17.1 Å². The minimum atomic E-state index is -0.744. The first-order valence-corrected chi connectivity index (χ1v) is 4.59. The molecule has 6 heteroatoms. The third-order valence-electron chi connectivity index (χ3n) is 1.76. The molecule has 0 radical (unpaired) electrons. The topological polar surface area (TPSA) is 49.8 Å². The maximum atomic E-state index is 13.3. The molecule has 1 rings (SSSR count). The molecule has 2 nitrogen and oxygen atoms in total. The largest absolute Gasteiger partial charge is 0.323 e. The summed E-state index contributed by atoms with van der Waals surface area (Å²) in [5.74, 6) is -0.540. The van der Waals surface area contributed by atoms with E-state index in [2.05, 4.69) is 0 Å². The van der Waals surface area contributed by atoms with Crippen molar-refractivity contribution >= 4 is 35.6 Å². The van der Waals surface area contributed by atoms with Crippen molar-refractivity contribution in [3.05, 3.63) is 33.6 Å². The summed E-state index contributed by atoms with van der Waals surface area (Å²) in [6, 6.07) is 3.63. The lowest BCUT2D eigenvalue weighted by Crippen LogP contribution is -2.12. The molecule has 0 saturated carbocycles. The van der Waals surface area contributed by atoms with Gasteiger partial charge >= 0.3 is 0 Å². The Hall–Kier alpha value is -0.530. The van der Waals surface area contributed by atoms with Gasteiger partial charge < -0.3 is 5.73 Å². The maximum absolute atomic E-state index is 13.3. The zero-order chi connectivity index (χ0) is 10.7. The van der Waals surface area contributed by atoms with Gasteiger partial charge in [0.05, 0.1) is 22.5 Å². The summed E-state index contributed by atoms with van der Waals surface area (Å²) in [7, 11) is 0. The van der Waals surface area contributed by atoms with Crippen LogP contribution in [0.4, 0.5) is 4.39 Å². The van der Waals surface area contributed by atoms with Gasteiger partial charge in [-0.25, -0.2) is 4.39 Å². The van der Waals surface area contributed by atoms with E-state index in [1.54, 1.807) is 0 Å². The van der Waals surface area contributed by atoms with E-state index in [0.29, 0.717) is 0 Å². The molecule has 0 unspecified atom stereocenters. The van der Waals surface area contributed by atoms with E-state index < -0.39 is 11.9 Å². The molecule has 82 valence electrons. The van der Waals surface area contributed by atoms with Crippen LogP contribution in [0.2, 0.25) is 10.0 Å². The molecule has 0 aliphatic heterocycles. The molecule has 0 aromatic heterocycles. The average Bonchev–Trinajstić information content (AvgIpc) is 2.13. The van der Waals surface area contributed by atoms with Crippen molar-refractivity contribution in [2.24, 2.45) is 5.73 Å². The first-order chi connectivity index (χ1) is 6.57. The van der Waals surface area contributed by atoms with Gasteiger partial charge in [0.25, 0.3) is 0 Å². The number of halogens is 4. The van der Waals surface area contributed by atoms with Crippen LogP contribution in [0.3, 0.4) is 0 Å². The number of benzene rings is 1. The molecule has 1 aromatic rings. The van der Waals surface area contributed by atoms with Crippen molar-refractivity contribution in [2.45, 2.75) is 12.5 Å². The molecule has 0 aliphatic rings. The maximum Gasteiger partial charge on any atom is 0.129 e. The van der Waals surface area contributed by atoms with Gasteiger partial charge in [-0.2, -0.15) is 5.26 Å². The highest BCUT2D eigenvalue weighted by atomic mass is 35.5. The van der Waals surface area contributed by atoms with Gasteiger partial charge in [0, 0.05) is 11.6 Å². The molecule has 1 aromatic carbocycles. The van der Waals surface area contributed by atoms with Gasteiger partial charge in [-0.3, -0.25) is 0 Å². The number of rotatable bonds is 2. The molecular formula is C9H8Cl3FN2. The zero-order valence-electron chi connectivity index (χ0n) is 7.51. The van der Waals surface area contributed by atoms with Crippen molar-refractivity contribution in [1.82, 2.24) is 0 Å². The van der Waals surface area contributed by atoms with E-state index >= 15 is 0 Å². The highest BCUT2D eigenvalue weighted by Crippen LogP contribution is 2.32. The summed E-state index contributed by atoms with van der Waals surface area (Å²) >= 11 is 11.5. The van der Waals surface area contributed by atoms with E-state index in [9.17, 15) is 4.39 Å². The molecule has 1 atom stereocenters. The highest BCUT2D eigenvalue weighted by Gasteiger charge is 2.17. The van der Waals surface area contributed by atoms with Gasteiger partial charge in [-0.1, -0.05) is 23.2 Å². The van der Waals surface area contributed by atoms with Gasteiger partial charge in [-0.05, 0) is 12.1 Å². The van der Waals surface area contributed by atoms with E-state index in [1.165, 1.54) is 12.1 Å². The van der Waals surface area contributed by atoms with Crippen LogP contribution < -0.4 is 5.73 Å². The quantitative estimate of drug-likeness (QED) is 0.836. The van der Waals surface area contributed by atoms with Crippen molar-refractivity contribution in [1.29, 1.82) is 5.26 Å². The molecule has 0 heterocycles. The molecule has 0 bridgehead atoms. The predicted molar refractivity (Wildman–Crippen MR) is 60.8 cm³/mol. The summed E-state index contributed by atoms with van der Waals surface area (Å²) in [4.78, 5) is 0. The van der Waals surface area contributed by atoms with Gasteiger partial charge in [0.15, 0.2) is 0 Å². The smallest absolute Gasteiger partial charge is 0.129 e. The van der Waals surface area contributed by atoms with Gasteiger partial charge in [0.2, 0.25) is 0 Å². The van der Waals surface area contributed by atoms with Gasteiger partial charge in [0.1, 0.15) is 5.82 Å². The Morgan fingerprint density at radius 1 is 1.47 bits per heavy atom. The SMILES string of the molecule is Cl.N#CC[C@@H](N)c1c(F)ccc(Cl)c1Cl. The summed E-state index contributed by atoms with van der Waals surface area (Å²) in [5.41, 5.74) is 5.67. The lowest BCUT2D eigenvalue weighted by Gasteiger charge is -2.12. The summed E-state index contributed by atoms with van der Waals surface area (Å²) in [5, 5.41) is 8.73. The van der Waals surface area contributed by atoms with E-state index in [-0.39, 0.29) is 34.4 Å². The van der Waals surface area contributed by atoms with E-state index in [1.807, 2.05) is 6.07 Å². The first-order valence-electron chi connectivity index (χ1n) is 3.84. The molecule has 2 N–H and O–H groups in total. The van der Waals surface area contributed by atoms with Crippen LogP contribution in [-0.2, 0) is 0 Å². The molecule has 0 fully saturated rings. The van der Waals surface area contributed by atoms with Crippen LogP contribution in [0.1, 0.15) is 18.0 Å². The molecule has 0 spiro atoms. The van der Waals surface area contributed by atoms with Crippen molar-refractivity contribution in [3.8, 4) is 6.07 Å². The third kappa shape index (κ3) is 3.22. The van der Waals surface area contributed by atoms with Crippen LogP contribution in [-0.4, -0.2) is 0 Å². The number of hydrogen-bond donors (Lipinski definition) is 1. The summed E-state index contributed by atoms with van der Waals surface area (Å²) < 4.78 is 13.3. The lowest BCUT2D eigenvalue weighted by molar-refractivity contribution is 0.585. The second kappa shape index (κ2) is 6.14. The number of nitrogens with zero attached hydrogens (tertiary/aromatic N) is 1. The average molecular weight is 270 g/mol. The fraction of sp³-hybridized carbons (Fsp3) is 0.222. The Kier molecular flexibility index (Phi) is 5.92. The fourth-order valence-corrected chi connectivity index (χ4v) is 1.54. The zero-order valence-corrected chi connectivity index (χ0v) is 9.83. The summed E-state index contributed by atoms with van der Waals surface area (Å²) in [6.45, 7) is 0. The van der Waals surface area contributed by atoms with E-state index in [0.717, 1.165) is 0 Å². The van der Waals surface area contributed by atoms with Crippen molar-refractivity contribution in [3.63, 3.8) is 0 Å². The standard InChI is InChI=1S/C9H7Cl2FN2.ClH/c10-5-1-2-6(12)8(9(5)11)7(14)3-4-13;/h1-2,7H,3,14H2;1H/t7-;/m1./s1. The first kappa shape index (κ1) is 14.5. The molecular weight excluding hydrogens is 261 g/mol. The minimum absolute atomic E-state index is 0. The molecule has 0 aliphatic carbocycles. The highest BCUT2D eigenvalue weighted by molar-refractivity contribution is 6.42. The molecule has 0 saturated heterocycles. The fourth-order valence-electron chi connectivity index (χ4n) is 1.08. The minimum Gasteiger partial charge on any atom is -0.323 e. The summed E-state index contributed by atoms with van der Waals surface area (Å²) in [6.07, 6.45) is -0.00299. The molecule has 0 amide bonds. The van der Waals surface area contributed by atoms with E-state index in [4.69, 9.17) is 34.2 Å². The number of nitrogens with two attached hydrogens (primary N) is 1. The van der Waals surface area contributed by atoms with Crippen LogP contribution in [0.5, 0.6) is 0 Å². The van der Waals surface area contributed by atoms with Gasteiger partial charge in [-0.15, -0.1) is 12.4 Å². The van der Waals surface area contributed by atoms with Crippen LogP contribution in [0.25, 0.3) is 0 Å². The Morgan fingerprint density at radius 2 is 2.07 bits per heavy atom. The second-order valence-electron chi connectivity index (χ2n) is 2.73. The van der Waals surface area contributed by atoms with Crippen molar-refractivity contribution in [2.75, 3.05) is 0 Å². The predicted octanol–water partition coefficient (Wildman–Crippen LogP) is 3.47. The second-order valence-corrected chi connectivity index (χ2v) is 3.51. The Balaban J connectivity index is 0.00000196. The van der Waals surface area contributed by atoms with Crippen molar-refractivity contribution < 1.29 is 4.39 Å². The Labute approximate surface area is 103 Å². The Morgan fingerprint density at radius 3 is 2.60 bits per heavy atom. The number of nitriles is 1. The monoisotopic (exact) mass is 268 g/mol. The molecule has 15 heavy (non-hydrogen) atoms. The number of hydrogen-bond acceptors (Lipinski definition) is 2. The normalized spacial score (nSPS) is 11.4. The lowest BCUT2D eigenvalue weighted by atomic mass is 10.0. The van der Waals surface area contributed by atoms with Crippen LogP contribution in [0.15, 0.2) is 12.1 Å². The Bertz CT molecular complexity index is 390. The van der Waals surface area contributed by atoms with Crippen LogP contribution >= 0.6 is 35.6 Å². The third-order valence-corrected chi connectivity index (χ3v) is 2.58.